The smallest absolute Gasteiger partial charge is 0.137 e. The van der Waals surface area contributed by atoms with E-state index in [9.17, 15) is 15.3 Å². The Kier molecular flexibility index (Phi) is 4.56. The highest BCUT2D eigenvalue weighted by Crippen LogP contribution is 2.35. The molecule has 1 saturated carbocycles. The summed E-state index contributed by atoms with van der Waals surface area (Å²) in [6, 6.07) is 6.07. The largest absolute Gasteiger partial charge is 0.394 e. The highest BCUT2D eigenvalue weighted by Gasteiger charge is 2.43. The van der Waals surface area contributed by atoms with Gasteiger partial charge < -0.3 is 25.4 Å². The molecule has 1 aromatic carbocycles. The maximum Gasteiger partial charge on any atom is 0.137 e. The van der Waals surface area contributed by atoms with E-state index in [0.29, 0.717) is 6.04 Å². The normalized spacial score (nSPS) is 30.2. The molecule has 7 nitrogen and oxygen atoms in total. The first-order valence-corrected chi connectivity index (χ1v) is 8.81. The Bertz CT molecular complexity index is 750. The van der Waals surface area contributed by atoms with Crippen LogP contribution in [0.5, 0.6) is 0 Å². The van der Waals surface area contributed by atoms with Gasteiger partial charge in [0.2, 0.25) is 0 Å². The molecule has 2 aliphatic rings. The van der Waals surface area contributed by atoms with Gasteiger partial charge in [0, 0.05) is 11.4 Å². The quantitative estimate of drug-likeness (QED) is 0.658. The topological polar surface area (TPSA) is 108 Å². The molecule has 4 N–H and O–H groups in total. The zero-order chi connectivity index (χ0) is 17.4. The molecule has 0 bridgehead atoms. The van der Waals surface area contributed by atoms with E-state index < -0.39 is 24.4 Å². The Labute approximate surface area is 145 Å². The second-order valence-electron chi connectivity index (χ2n) is 6.88. The van der Waals surface area contributed by atoms with Crippen molar-refractivity contribution in [2.24, 2.45) is 0 Å². The first-order chi connectivity index (χ1) is 12.2. The summed E-state index contributed by atoms with van der Waals surface area (Å²) in [5.41, 5.74) is 1.48. The number of aromatic nitrogens is 2. The Balaban J connectivity index is 1.62. The Hall–Kier alpha value is -1.80. The molecule has 1 aromatic heterocycles. The number of fused-ring (bicyclic) bond motifs is 1. The number of hydrogen-bond acceptors (Lipinski definition) is 7. The van der Waals surface area contributed by atoms with Crippen LogP contribution >= 0.6 is 0 Å². The van der Waals surface area contributed by atoms with Gasteiger partial charge in [0.15, 0.2) is 0 Å². The third-order valence-electron chi connectivity index (χ3n) is 5.23. The molecule has 1 aliphatic heterocycles. The lowest BCUT2D eigenvalue weighted by molar-refractivity contribution is -0.0227. The third kappa shape index (κ3) is 3.08. The second kappa shape index (κ2) is 6.84. The van der Waals surface area contributed by atoms with Gasteiger partial charge in [0.05, 0.1) is 12.1 Å². The van der Waals surface area contributed by atoms with E-state index in [4.69, 9.17) is 4.74 Å². The van der Waals surface area contributed by atoms with Crippen molar-refractivity contribution in [3.63, 3.8) is 0 Å². The van der Waals surface area contributed by atoms with Crippen LogP contribution in [0.15, 0.2) is 24.5 Å². The predicted molar refractivity (Wildman–Crippen MR) is 92.1 cm³/mol. The fourth-order valence-corrected chi connectivity index (χ4v) is 3.80. The minimum Gasteiger partial charge on any atom is -0.394 e. The number of hydrogen-bond donors (Lipinski definition) is 4. The average molecular weight is 345 g/mol. The fraction of sp³-hybridized carbons (Fsp3) is 0.556. The Morgan fingerprint density at radius 1 is 1.12 bits per heavy atom. The van der Waals surface area contributed by atoms with Gasteiger partial charge >= 0.3 is 0 Å². The minimum atomic E-state index is -1.10. The van der Waals surface area contributed by atoms with E-state index in [1.807, 2.05) is 18.2 Å². The summed E-state index contributed by atoms with van der Waals surface area (Å²) < 4.78 is 5.60. The SMILES string of the molecule is OC[C@H]1O[C@@H](c2ccc3c(NC4CCCC4)ncnc3c2)[C@H](O)[C@@H]1O. The van der Waals surface area contributed by atoms with Crippen molar-refractivity contribution >= 4 is 16.7 Å². The van der Waals surface area contributed by atoms with Crippen molar-refractivity contribution in [2.75, 3.05) is 11.9 Å². The highest BCUT2D eigenvalue weighted by molar-refractivity contribution is 5.89. The summed E-state index contributed by atoms with van der Waals surface area (Å²) in [5, 5.41) is 33.8. The number of nitrogens with zero attached hydrogens (tertiary/aromatic N) is 2. The number of anilines is 1. The van der Waals surface area contributed by atoms with Gasteiger partial charge in [0.1, 0.15) is 36.6 Å². The molecule has 4 atom stereocenters. The zero-order valence-corrected chi connectivity index (χ0v) is 13.9. The summed E-state index contributed by atoms with van der Waals surface area (Å²) in [6.45, 7) is -0.333. The maximum absolute atomic E-state index is 10.2. The van der Waals surface area contributed by atoms with Crippen molar-refractivity contribution in [3.05, 3.63) is 30.1 Å². The summed E-state index contributed by atoms with van der Waals surface area (Å²) in [6.07, 6.45) is 2.70. The van der Waals surface area contributed by atoms with Crippen LogP contribution in [-0.2, 0) is 4.74 Å². The van der Waals surface area contributed by atoms with Crippen LogP contribution in [0.25, 0.3) is 10.9 Å². The standard InChI is InChI=1S/C18H23N3O4/c22-8-14-15(23)16(24)17(25-14)10-5-6-12-13(7-10)19-9-20-18(12)21-11-3-1-2-4-11/h5-7,9,11,14-17,22-24H,1-4,8H2,(H,19,20,21)/t14-,15-,16-,17+/m1/s1. The van der Waals surface area contributed by atoms with Gasteiger partial charge in [-0.25, -0.2) is 9.97 Å². The van der Waals surface area contributed by atoms with Crippen LogP contribution in [0.2, 0.25) is 0 Å². The van der Waals surface area contributed by atoms with E-state index in [-0.39, 0.29) is 6.61 Å². The van der Waals surface area contributed by atoms with Crippen molar-refractivity contribution in [3.8, 4) is 0 Å². The molecule has 25 heavy (non-hydrogen) atoms. The molecular weight excluding hydrogens is 322 g/mol. The molecule has 1 aliphatic carbocycles. The second-order valence-corrected chi connectivity index (χ2v) is 6.88. The summed E-state index contributed by atoms with van der Waals surface area (Å²) in [4.78, 5) is 8.71. The van der Waals surface area contributed by atoms with Crippen LogP contribution in [0.1, 0.15) is 37.4 Å². The molecule has 134 valence electrons. The van der Waals surface area contributed by atoms with Gasteiger partial charge in [-0.1, -0.05) is 18.9 Å². The molecule has 0 unspecified atom stereocenters. The molecule has 7 heteroatoms. The number of nitrogens with one attached hydrogen (secondary N) is 1. The molecule has 0 radical (unpaired) electrons. The van der Waals surface area contributed by atoms with Crippen LogP contribution < -0.4 is 5.32 Å². The summed E-state index contributed by atoms with van der Waals surface area (Å²) >= 11 is 0. The molecule has 4 rings (SSSR count). The van der Waals surface area contributed by atoms with Gasteiger partial charge in [0.25, 0.3) is 0 Å². The molecule has 2 aromatic rings. The molecular formula is C18H23N3O4. The molecule has 0 spiro atoms. The molecule has 0 amide bonds. The van der Waals surface area contributed by atoms with Gasteiger partial charge in [-0.2, -0.15) is 0 Å². The predicted octanol–water partition coefficient (Wildman–Crippen LogP) is 1.14. The van der Waals surface area contributed by atoms with Crippen LogP contribution in [0.4, 0.5) is 5.82 Å². The van der Waals surface area contributed by atoms with E-state index >= 15 is 0 Å². The van der Waals surface area contributed by atoms with Gasteiger partial charge in [-0.3, -0.25) is 0 Å². The van der Waals surface area contributed by atoms with Crippen molar-refractivity contribution < 1.29 is 20.1 Å². The van der Waals surface area contributed by atoms with Crippen molar-refractivity contribution in [1.82, 2.24) is 9.97 Å². The van der Waals surface area contributed by atoms with Crippen LogP contribution in [0, 0.1) is 0 Å². The summed E-state index contributed by atoms with van der Waals surface area (Å²) in [5.74, 6) is 0.824. The number of benzene rings is 1. The first-order valence-electron chi connectivity index (χ1n) is 8.81. The molecule has 1 saturated heterocycles. The average Bonchev–Trinajstić information content (AvgIpc) is 3.24. The van der Waals surface area contributed by atoms with Gasteiger partial charge in [-0.15, -0.1) is 0 Å². The Morgan fingerprint density at radius 2 is 1.92 bits per heavy atom. The van der Waals surface area contributed by atoms with Crippen LogP contribution in [0.3, 0.4) is 0 Å². The third-order valence-corrected chi connectivity index (χ3v) is 5.23. The van der Waals surface area contributed by atoms with Crippen molar-refractivity contribution in [1.29, 1.82) is 0 Å². The fourth-order valence-electron chi connectivity index (χ4n) is 3.80. The molecule has 2 fully saturated rings. The lowest BCUT2D eigenvalue weighted by Crippen LogP contribution is -2.32. The Morgan fingerprint density at radius 3 is 2.64 bits per heavy atom. The minimum absolute atomic E-state index is 0.333. The first kappa shape index (κ1) is 16.7. The number of ether oxygens (including phenoxy) is 1. The van der Waals surface area contributed by atoms with E-state index in [0.717, 1.165) is 35.1 Å². The maximum atomic E-state index is 10.2. The van der Waals surface area contributed by atoms with E-state index in [1.165, 1.54) is 19.2 Å². The molecule has 2 heterocycles. The lowest BCUT2D eigenvalue weighted by Gasteiger charge is -2.17. The van der Waals surface area contributed by atoms with E-state index in [1.54, 1.807) is 0 Å². The van der Waals surface area contributed by atoms with Crippen molar-refractivity contribution in [2.45, 2.75) is 56.1 Å². The van der Waals surface area contributed by atoms with Gasteiger partial charge in [-0.05, 0) is 30.5 Å². The van der Waals surface area contributed by atoms with Crippen LogP contribution in [-0.4, -0.2) is 56.2 Å². The number of rotatable bonds is 4. The highest BCUT2D eigenvalue weighted by atomic mass is 16.6. The lowest BCUT2D eigenvalue weighted by atomic mass is 10.0. The number of aliphatic hydroxyl groups is 3. The number of aliphatic hydroxyl groups excluding tert-OH is 3. The monoisotopic (exact) mass is 345 g/mol. The van der Waals surface area contributed by atoms with E-state index in [2.05, 4.69) is 15.3 Å². The zero-order valence-electron chi connectivity index (χ0n) is 13.9. The summed E-state index contributed by atoms with van der Waals surface area (Å²) in [7, 11) is 0.